The van der Waals surface area contributed by atoms with Crippen LogP contribution in [0.2, 0.25) is 0 Å². The van der Waals surface area contributed by atoms with Crippen LogP contribution >= 0.6 is 0 Å². The summed E-state index contributed by atoms with van der Waals surface area (Å²) in [5, 5.41) is 10.2. The van der Waals surface area contributed by atoms with Gasteiger partial charge < -0.3 is 20.4 Å². The molecular formula is C21H29N7O2. The van der Waals surface area contributed by atoms with Gasteiger partial charge >= 0.3 is 0 Å². The lowest BCUT2D eigenvalue weighted by atomic mass is 10.1. The molecule has 2 aromatic rings. The Morgan fingerprint density at radius 1 is 1.13 bits per heavy atom. The first kappa shape index (κ1) is 21.4. The van der Waals surface area contributed by atoms with Crippen molar-refractivity contribution in [3.63, 3.8) is 0 Å². The van der Waals surface area contributed by atoms with Gasteiger partial charge in [-0.2, -0.15) is 5.10 Å². The summed E-state index contributed by atoms with van der Waals surface area (Å²) in [5.41, 5.74) is 2.45. The molecule has 1 saturated heterocycles. The summed E-state index contributed by atoms with van der Waals surface area (Å²) in [6.45, 7) is 7.20. The zero-order valence-corrected chi connectivity index (χ0v) is 17.8. The lowest BCUT2D eigenvalue weighted by Crippen LogP contribution is -2.55. The number of hydrogen-bond acceptors (Lipinski definition) is 4. The SMILES string of the molecule is CCNC(=O)c1ccc(CN=C(NCC)N2CCN(c3cnn(C)c3)C(=O)C2)cc1. The van der Waals surface area contributed by atoms with Gasteiger partial charge in [0.15, 0.2) is 5.96 Å². The molecule has 0 saturated carbocycles. The summed E-state index contributed by atoms with van der Waals surface area (Å²) in [6.07, 6.45) is 3.55. The number of aryl methyl sites for hydroxylation is 1. The van der Waals surface area contributed by atoms with E-state index in [9.17, 15) is 9.59 Å². The zero-order chi connectivity index (χ0) is 21.5. The predicted molar refractivity (Wildman–Crippen MR) is 116 cm³/mol. The van der Waals surface area contributed by atoms with E-state index in [1.54, 1.807) is 27.9 Å². The summed E-state index contributed by atoms with van der Waals surface area (Å²) in [5.74, 6) is 0.654. The van der Waals surface area contributed by atoms with Crippen molar-refractivity contribution in [3.05, 3.63) is 47.8 Å². The van der Waals surface area contributed by atoms with Gasteiger partial charge in [0.05, 0.1) is 18.4 Å². The lowest BCUT2D eigenvalue weighted by Gasteiger charge is -2.35. The Morgan fingerprint density at radius 2 is 1.87 bits per heavy atom. The molecule has 0 spiro atoms. The Balaban J connectivity index is 1.64. The van der Waals surface area contributed by atoms with Crippen LogP contribution in [0.4, 0.5) is 5.69 Å². The number of piperazine rings is 1. The highest BCUT2D eigenvalue weighted by Crippen LogP contribution is 2.16. The van der Waals surface area contributed by atoms with Gasteiger partial charge in [-0.3, -0.25) is 14.3 Å². The van der Waals surface area contributed by atoms with Crippen LogP contribution in [0.5, 0.6) is 0 Å². The highest BCUT2D eigenvalue weighted by molar-refractivity contribution is 5.98. The van der Waals surface area contributed by atoms with Gasteiger partial charge in [0.25, 0.3) is 5.91 Å². The molecule has 9 nitrogen and oxygen atoms in total. The fraction of sp³-hybridized carbons (Fsp3) is 0.429. The van der Waals surface area contributed by atoms with E-state index >= 15 is 0 Å². The van der Waals surface area contributed by atoms with Crippen LogP contribution in [0.1, 0.15) is 29.8 Å². The minimum atomic E-state index is -0.0779. The van der Waals surface area contributed by atoms with E-state index in [4.69, 9.17) is 4.99 Å². The fourth-order valence-electron chi connectivity index (χ4n) is 3.29. The molecule has 3 rings (SSSR count). The number of benzene rings is 1. The summed E-state index contributed by atoms with van der Waals surface area (Å²) >= 11 is 0. The molecule has 160 valence electrons. The normalized spacial score (nSPS) is 14.8. The van der Waals surface area contributed by atoms with Crippen molar-refractivity contribution < 1.29 is 9.59 Å². The summed E-state index contributed by atoms with van der Waals surface area (Å²) in [7, 11) is 1.84. The average molecular weight is 412 g/mol. The molecular weight excluding hydrogens is 382 g/mol. The molecule has 0 aliphatic carbocycles. The van der Waals surface area contributed by atoms with Crippen molar-refractivity contribution in [2.24, 2.45) is 12.0 Å². The molecule has 9 heteroatoms. The molecule has 0 unspecified atom stereocenters. The number of nitrogens with one attached hydrogen (secondary N) is 2. The van der Waals surface area contributed by atoms with Crippen LogP contribution in [0.3, 0.4) is 0 Å². The van der Waals surface area contributed by atoms with E-state index in [0.29, 0.717) is 44.2 Å². The lowest BCUT2D eigenvalue weighted by molar-refractivity contribution is -0.120. The minimum absolute atomic E-state index is 0.0196. The highest BCUT2D eigenvalue weighted by atomic mass is 16.2. The number of nitrogens with zero attached hydrogens (tertiary/aromatic N) is 5. The second kappa shape index (κ2) is 9.91. The Bertz CT molecular complexity index is 904. The first-order valence-corrected chi connectivity index (χ1v) is 10.2. The van der Waals surface area contributed by atoms with Gasteiger partial charge in [-0.15, -0.1) is 0 Å². The van der Waals surface area contributed by atoms with Crippen molar-refractivity contribution in [1.82, 2.24) is 25.3 Å². The maximum Gasteiger partial charge on any atom is 0.251 e. The van der Waals surface area contributed by atoms with E-state index in [-0.39, 0.29) is 18.4 Å². The number of aliphatic imine (C=N–C) groups is 1. The molecule has 2 N–H and O–H groups in total. The van der Waals surface area contributed by atoms with E-state index < -0.39 is 0 Å². The number of amides is 2. The van der Waals surface area contributed by atoms with Crippen LogP contribution in [0.15, 0.2) is 41.7 Å². The van der Waals surface area contributed by atoms with Gasteiger partial charge in [-0.25, -0.2) is 4.99 Å². The number of carbonyl (C=O) groups is 2. The van der Waals surface area contributed by atoms with Crippen LogP contribution in [-0.4, -0.2) is 65.2 Å². The molecule has 30 heavy (non-hydrogen) atoms. The van der Waals surface area contributed by atoms with E-state index in [1.807, 2.05) is 44.1 Å². The number of rotatable bonds is 6. The molecule has 2 heterocycles. The quantitative estimate of drug-likeness (QED) is 0.546. The van der Waals surface area contributed by atoms with Crippen molar-refractivity contribution >= 4 is 23.5 Å². The second-order valence-corrected chi connectivity index (χ2v) is 7.07. The Kier molecular flexibility index (Phi) is 7.05. The molecule has 1 aromatic carbocycles. The average Bonchev–Trinajstić information content (AvgIpc) is 3.17. The van der Waals surface area contributed by atoms with Gasteiger partial charge in [0, 0.05) is 45.0 Å². The van der Waals surface area contributed by atoms with Crippen LogP contribution in [0, 0.1) is 0 Å². The molecule has 0 bridgehead atoms. The largest absolute Gasteiger partial charge is 0.356 e. The molecule has 1 aliphatic heterocycles. The number of hydrogen-bond donors (Lipinski definition) is 2. The number of carbonyl (C=O) groups excluding carboxylic acids is 2. The number of anilines is 1. The van der Waals surface area contributed by atoms with Gasteiger partial charge in [0.1, 0.15) is 6.54 Å². The maximum absolute atomic E-state index is 12.7. The molecule has 1 aromatic heterocycles. The maximum atomic E-state index is 12.7. The third-order valence-electron chi connectivity index (χ3n) is 4.82. The standard InChI is InChI=1S/C21H29N7O2/c1-4-22-20(30)17-8-6-16(7-9-17)12-24-21(23-5-2)27-10-11-28(19(29)15-27)18-13-25-26(3)14-18/h6-9,13-14H,4-5,10-12,15H2,1-3H3,(H,22,30)(H,23,24). The summed E-state index contributed by atoms with van der Waals surface area (Å²) in [4.78, 5) is 33.0. The summed E-state index contributed by atoms with van der Waals surface area (Å²) < 4.78 is 1.69. The predicted octanol–water partition coefficient (Wildman–Crippen LogP) is 0.984. The van der Waals surface area contributed by atoms with Gasteiger partial charge in [-0.05, 0) is 31.5 Å². The first-order valence-electron chi connectivity index (χ1n) is 10.2. The first-order chi connectivity index (χ1) is 14.5. The zero-order valence-electron chi connectivity index (χ0n) is 17.8. The molecule has 0 radical (unpaired) electrons. The van der Waals surface area contributed by atoms with E-state index in [2.05, 4.69) is 15.7 Å². The monoisotopic (exact) mass is 411 g/mol. The highest BCUT2D eigenvalue weighted by Gasteiger charge is 2.27. The summed E-state index contributed by atoms with van der Waals surface area (Å²) in [6, 6.07) is 7.42. The van der Waals surface area contributed by atoms with Gasteiger partial charge in [-0.1, -0.05) is 12.1 Å². The van der Waals surface area contributed by atoms with Crippen LogP contribution in [0.25, 0.3) is 0 Å². The number of aromatic nitrogens is 2. The Labute approximate surface area is 176 Å². The molecule has 1 fully saturated rings. The van der Waals surface area contributed by atoms with Crippen molar-refractivity contribution in [1.29, 1.82) is 0 Å². The van der Waals surface area contributed by atoms with Crippen LogP contribution in [-0.2, 0) is 18.4 Å². The molecule has 1 aliphatic rings. The third kappa shape index (κ3) is 5.16. The molecule has 2 amide bonds. The minimum Gasteiger partial charge on any atom is -0.356 e. The second-order valence-electron chi connectivity index (χ2n) is 7.07. The van der Waals surface area contributed by atoms with Gasteiger partial charge in [0.2, 0.25) is 5.91 Å². The topological polar surface area (TPSA) is 94.9 Å². The van der Waals surface area contributed by atoms with E-state index in [1.165, 1.54) is 0 Å². The van der Waals surface area contributed by atoms with Crippen molar-refractivity contribution in [3.8, 4) is 0 Å². The molecule has 0 atom stereocenters. The van der Waals surface area contributed by atoms with Crippen molar-refractivity contribution in [2.45, 2.75) is 20.4 Å². The smallest absolute Gasteiger partial charge is 0.251 e. The number of guanidine groups is 1. The fourth-order valence-corrected chi connectivity index (χ4v) is 3.29. The Hall–Kier alpha value is -3.36. The van der Waals surface area contributed by atoms with Crippen LogP contribution < -0.4 is 15.5 Å². The third-order valence-corrected chi connectivity index (χ3v) is 4.82. The van der Waals surface area contributed by atoms with Crippen molar-refractivity contribution in [2.75, 3.05) is 37.6 Å². The van der Waals surface area contributed by atoms with E-state index in [0.717, 1.165) is 11.3 Å². The Morgan fingerprint density at radius 3 is 2.47 bits per heavy atom.